The van der Waals surface area contributed by atoms with Gasteiger partial charge in [0.15, 0.2) is 0 Å². The van der Waals surface area contributed by atoms with Crippen molar-refractivity contribution in [2.45, 2.75) is 13.0 Å². The van der Waals surface area contributed by atoms with Crippen molar-refractivity contribution in [3.8, 4) is 11.5 Å². The first-order valence-electron chi connectivity index (χ1n) is 4.98. The van der Waals surface area contributed by atoms with E-state index in [0.717, 1.165) is 10.0 Å². The molecule has 0 radical (unpaired) electrons. The molecule has 16 heavy (non-hydrogen) atoms. The number of aromatic hydroxyl groups is 1. The average molecular weight is 286 g/mol. The van der Waals surface area contributed by atoms with Gasteiger partial charge in [-0.2, -0.15) is 0 Å². The summed E-state index contributed by atoms with van der Waals surface area (Å²) in [6.07, 6.45) is 0. The minimum absolute atomic E-state index is 0.0557. The van der Waals surface area contributed by atoms with Crippen molar-refractivity contribution in [3.63, 3.8) is 0 Å². The maximum Gasteiger partial charge on any atom is 0.124 e. The van der Waals surface area contributed by atoms with Crippen LogP contribution in [0, 0.1) is 0 Å². The number of nitrogens with one attached hydrogen (secondary N) is 1. The SMILES string of the molecule is C=C(Br)CNC(C)c1ccc(OC)cc1O. The summed E-state index contributed by atoms with van der Waals surface area (Å²) in [6, 6.07) is 5.34. The molecular formula is C12H16BrNO2. The van der Waals surface area contributed by atoms with Crippen LogP contribution in [0.4, 0.5) is 0 Å². The molecule has 0 saturated carbocycles. The monoisotopic (exact) mass is 285 g/mol. The maximum absolute atomic E-state index is 9.80. The van der Waals surface area contributed by atoms with Crippen LogP contribution in [-0.4, -0.2) is 18.8 Å². The van der Waals surface area contributed by atoms with Crippen molar-refractivity contribution in [2.24, 2.45) is 0 Å². The van der Waals surface area contributed by atoms with Crippen LogP contribution in [0.15, 0.2) is 29.3 Å². The molecule has 0 aromatic heterocycles. The third-order valence-corrected chi connectivity index (χ3v) is 2.58. The second-order valence-electron chi connectivity index (χ2n) is 3.54. The lowest BCUT2D eigenvalue weighted by Gasteiger charge is -2.15. The van der Waals surface area contributed by atoms with Gasteiger partial charge in [-0.05, 0) is 13.0 Å². The van der Waals surface area contributed by atoms with Gasteiger partial charge in [0.2, 0.25) is 0 Å². The van der Waals surface area contributed by atoms with Gasteiger partial charge in [0.1, 0.15) is 11.5 Å². The van der Waals surface area contributed by atoms with Crippen molar-refractivity contribution in [2.75, 3.05) is 13.7 Å². The van der Waals surface area contributed by atoms with Crippen molar-refractivity contribution in [3.05, 3.63) is 34.8 Å². The van der Waals surface area contributed by atoms with E-state index in [1.165, 1.54) is 0 Å². The summed E-state index contributed by atoms with van der Waals surface area (Å²) in [4.78, 5) is 0. The van der Waals surface area contributed by atoms with Gasteiger partial charge in [-0.1, -0.05) is 28.6 Å². The number of methoxy groups -OCH3 is 1. The summed E-state index contributed by atoms with van der Waals surface area (Å²) >= 11 is 3.28. The van der Waals surface area contributed by atoms with E-state index in [1.807, 2.05) is 19.1 Å². The van der Waals surface area contributed by atoms with Gasteiger partial charge in [-0.25, -0.2) is 0 Å². The fourth-order valence-corrected chi connectivity index (χ4v) is 1.55. The normalized spacial score (nSPS) is 12.2. The zero-order valence-electron chi connectivity index (χ0n) is 9.46. The highest BCUT2D eigenvalue weighted by Crippen LogP contribution is 2.28. The number of hydrogen-bond acceptors (Lipinski definition) is 3. The molecule has 0 fully saturated rings. The molecule has 0 saturated heterocycles. The Kier molecular flexibility index (Phi) is 4.83. The van der Waals surface area contributed by atoms with E-state index < -0.39 is 0 Å². The van der Waals surface area contributed by atoms with Crippen molar-refractivity contribution in [1.29, 1.82) is 0 Å². The van der Waals surface area contributed by atoms with E-state index in [9.17, 15) is 5.11 Å². The lowest BCUT2D eigenvalue weighted by Crippen LogP contribution is -2.19. The smallest absolute Gasteiger partial charge is 0.124 e. The molecule has 1 aromatic rings. The molecule has 1 unspecified atom stereocenters. The van der Waals surface area contributed by atoms with E-state index in [2.05, 4.69) is 27.8 Å². The number of rotatable bonds is 5. The third kappa shape index (κ3) is 3.54. The number of phenols is 1. The highest BCUT2D eigenvalue weighted by atomic mass is 79.9. The molecule has 2 N–H and O–H groups in total. The predicted molar refractivity (Wildman–Crippen MR) is 69.1 cm³/mol. The molecule has 0 amide bonds. The van der Waals surface area contributed by atoms with Gasteiger partial charge < -0.3 is 15.2 Å². The summed E-state index contributed by atoms with van der Waals surface area (Å²) in [6.45, 7) is 6.39. The lowest BCUT2D eigenvalue weighted by atomic mass is 10.1. The van der Waals surface area contributed by atoms with Gasteiger partial charge in [-0.3, -0.25) is 0 Å². The Hall–Kier alpha value is -1.00. The molecule has 0 heterocycles. The van der Waals surface area contributed by atoms with Crippen LogP contribution in [0.25, 0.3) is 0 Å². The first kappa shape index (κ1) is 13.1. The van der Waals surface area contributed by atoms with E-state index in [-0.39, 0.29) is 11.8 Å². The Labute approximate surface area is 104 Å². The third-order valence-electron chi connectivity index (χ3n) is 2.30. The van der Waals surface area contributed by atoms with Crippen molar-refractivity contribution >= 4 is 15.9 Å². The molecule has 0 aliphatic rings. The average Bonchev–Trinajstić information content (AvgIpc) is 2.25. The first-order valence-corrected chi connectivity index (χ1v) is 5.77. The van der Waals surface area contributed by atoms with Crippen LogP contribution < -0.4 is 10.1 Å². The fourth-order valence-electron chi connectivity index (χ4n) is 1.39. The Balaban J connectivity index is 2.75. The van der Waals surface area contributed by atoms with Crippen LogP contribution in [-0.2, 0) is 0 Å². The molecule has 1 atom stereocenters. The Bertz CT molecular complexity index is 379. The number of hydrogen-bond donors (Lipinski definition) is 2. The molecule has 88 valence electrons. The quantitative estimate of drug-likeness (QED) is 0.874. The largest absolute Gasteiger partial charge is 0.507 e. The van der Waals surface area contributed by atoms with Gasteiger partial charge in [0.05, 0.1) is 7.11 Å². The van der Waals surface area contributed by atoms with Gasteiger partial charge in [-0.15, -0.1) is 0 Å². The van der Waals surface area contributed by atoms with Gasteiger partial charge in [0.25, 0.3) is 0 Å². The number of benzene rings is 1. The summed E-state index contributed by atoms with van der Waals surface area (Å²) in [7, 11) is 1.57. The molecule has 1 aromatic carbocycles. The van der Waals surface area contributed by atoms with Crippen LogP contribution in [0.3, 0.4) is 0 Å². The highest BCUT2D eigenvalue weighted by molar-refractivity contribution is 9.11. The summed E-state index contributed by atoms with van der Waals surface area (Å²) in [5.41, 5.74) is 0.842. The van der Waals surface area contributed by atoms with E-state index in [4.69, 9.17) is 4.74 Å². The van der Waals surface area contributed by atoms with Crippen LogP contribution in [0.2, 0.25) is 0 Å². The van der Waals surface area contributed by atoms with E-state index in [0.29, 0.717) is 12.3 Å². The first-order chi connectivity index (χ1) is 7.54. The maximum atomic E-state index is 9.80. The molecular weight excluding hydrogens is 270 g/mol. The van der Waals surface area contributed by atoms with Crippen molar-refractivity contribution < 1.29 is 9.84 Å². The van der Waals surface area contributed by atoms with Crippen LogP contribution in [0.1, 0.15) is 18.5 Å². The standard InChI is InChI=1S/C12H16BrNO2/c1-8(13)7-14-9(2)11-5-4-10(16-3)6-12(11)15/h4-6,9,14-15H,1,7H2,2-3H3. The zero-order valence-corrected chi connectivity index (χ0v) is 11.0. The fraction of sp³-hybridized carbons (Fsp3) is 0.333. The summed E-state index contributed by atoms with van der Waals surface area (Å²) < 4.78 is 5.91. The summed E-state index contributed by atoms with van der Waals surface area (Å²) in [5, 5.41) is 13.0. The zero-order chi connectivity index (χ0) is 12.1. The van der Waals surface area contributed by atoms with Crippen LogP contribution in [0.5, 0.6) is 11.5 Å². The second-order valence-corrected chi connectivity index (χ2v) is 4.67. The predicted octanol–water partition coefficient (Wildman–Crippen LogP) is 2.96. The molecule has 4 heteroatoms. The molecule has 0 spiro atoms. The van der Waals surface area contributed by atoms with Crippen molar-refractivity contribution in [1.82, 2.24) is 5.32 Å². The van der Waals surface area contributed by atoms with E-state index in [1.54, 1.807) is 13.2 Å². The molecule has 0 aliphatic heterocycles. The molecule has 3 nitrogen and oxygen atoms in total. The number of halogens is 1. The summed E-state index contributed by atoms with van der Waals surface area (Å²) in [5.74, 6) is 0.887. The number of ether oxygens (including phenoxy) is 1. The van der Waals surface area contributed by atoms with Gasteiger partial charge in [0, 0.05) is 28.7 Å². The Morgan fingerprint density at radius 2 is 2.31 bits per heavy atom. The lowest BCUT2D eigenvalue weighted by molar-refractivity contribution is 0.404. The minimum Gasteiger partial charge on any atom is -0.507 e. The van der Waals surface area contributed by atoms with Gasteiger partial charge >= 0.3 is 0 Å². The minimum atomic E-state index is 0.0557. The molecule has 1 rings (SSSR count). The topological polar surface area (TPSA) is 41.5 Å². The highest BCUT2D eigenvalue weighted by Gasteiger charge is 2.10. The molecule has 0 bridgehead atoms. The Morgan fingerprint density at radius 3 is 2.81 bits per heavy atom. The van der Waals surface area contributed by atoms with Crippen LogP contribution >= 0.6 is 15.9 Å². The molecule has 0 aliphatic carbocycles. The van der Waals surface area contributed by atoms with E-state index >= 15 is 0 Å². The second kappa shape index (κ2) is 5.92. The number of phenolic OH excluding ortho intramolecular Hbond substituents is 1. The Morgan fingerprint density at radius 1 is 1.62 bits per heavy atom.